The molecule has 0 amide bonds. The molecule has 1 unspecified atom stereocenters. The Morgan fingerprint density at radius 3 is 2.45 bits per heavy atom. The molecule has 2 nitrogen and oxygen atoms in total. The molecule has 0 aliphatic carbocycles. The maximum Gasteiger partial charge on any atom is 0.0677 e. The number of rotatable bonds is 7. The lowest BCUT2D eigenvalue weighted by molar-refractivity contribution is 0.556. The number of hydrogen-bond acceptors (Lipinski definition) is 2. The summed E-state index contributed by atoms with van der Waals surface area (Å²) in [5.41, 5.74) is 6.74. The maximum atomic E-state index is 6.74. The molecule has 0 aromatic heterocycles. The Morgan fingerprint density at radius 1 is 1.27 bits per heavy atom. The molecule has 0 aliphatic rings. The van der Waals surface area contributed by atoms with Gasteiger partial charge in [0.15, 0.2) is 0 Å². The summed E-state index contributed by atoms with van der Waals surface area (Å²) in [6, 6.07) is 0.235. The van der Waals surface area contributed by atoms with Crippen molar-refractivity contribution in [2.45, 2.75) is 45.1 Å². The van der Waals surface area contributed by atoms with Crippen LogP contribution in [0.25, 0.3) is 0 Å². The zero-order valence-corrected chi connectivity index (χ0v) is 8.73. The van der Waals surface area contributed by atoms with Crippen LogP contribution in [-0.2, 0) is 0 Å². The summed E-state index contributed by atoms with van der Waals surface area (Å²) in [5.74, 6) is 0. The van der Waals surface area contributed by atoms with Gasteiger partial charge in [-0.25, -0.2) is 5.53 Å². The van der Waals surface area contributed by atoms with E-state index in [4.69, 9.17) is 5.53 Å². The lowest BCUT2D eigenvalue weighted by Gasteiger charge is -2.02. The lowest BCUT2D eigenvalue weighted by Crippen LogP contribution is -1.95. The minimum absolute atomic E-state index is 0.235. The summed E-state index contributed by atoms with van der Waals surface area (Å²) in [6.07, 6.45) is 6.15. The third-order valence-corrected chi connectivity index (χ3v) is 2.29. The fourth-order valence-corrected chi connectivity index (χ4v) is 1.35. The lowest BCUT2D eigenvalue weighted by atomic mass is 10.1. The summed E-state index contributed by atoms with van der Waals surface area (Å²) in [7, 11) is 0. The number of nitrogens with one attached hydrogen (secondary N) is 1. The van der Waals surface area contributed by atoms with Crippen LogP contribution in [0.2, 0.25) is 0 Å². The SMILES string of the molecule is CC(CCCCCCBr)N=N. The van der Waals surface area contributed by atoms with E-state index in [2.05, 4.69) is 21.0 Å². The maximum absolute atomic E-state index is 6.74. The molecule has 0 bridgehead atoms. The predicted molar refractivity (Wildman–Crippen MR) is 51.5 cm³/mol. The second-order valence-electron chi connectivity index (χ2n) is 2.87. The first-order chi connectivity index (χ1) is 5.31. The van der Waals surface area contributed by atoms with Crippen LogP contribution in [0.15, 0.2) is 5.11 Å². The van der Waals surface area contributed by atoms with Gasteiger partial charge in [-0.15, -0.1) is 0 Å². The molecule has 3 heteroatoms. The van der Waals surface area contributed by atoms with E-state index < -0.39 is 0 Å². The van der Waals surface area contributed by atoms with Crippen LogP contribution in [0.1, 0.15) is 39.0 Å². The van der Waals surface area contributed by atoms with Crippen molar-refractivity contribution in [3.8, 4) is 0 Å². The molecule has 0 rings (SSSR count). The highest BCUT2D eigenvalue weighted by molar-refractivity contribution is 9.09. The second-order valence-corrected chi connectivity index (χ2v) is 3.66. The van der Waals surface area contributed by atoms with Gasteiger partial charge < -0.3 is 0 Å². The first kappa shape index (κ1) is 11.1. The Bertz CT molecular complexity index is 96.1. The van der Waals surface area contributed by atoms with Crippen molar-refractivity contribution in [2.75, 3.05) is 5.33 Å². The monoisotopic (exact) mass is 220 g/mol. The van der Waals surface area contributed by atoms with Crippen LogP contribution in [0.5, 0.6) is 0 Å². The van der Waals surface area contributed by atoms with Crippen molar-refractivity contribution in [3.63, 3.8) is 0 Å². The van der Waals surface area contributed by atoms with Gasteiger partial charge in [0, 0.05) is 5.33 Å². The van der Waals surface area contributed by atoms with E-state index in [-0.39, 0.29) is 6.04 Å². The smallest absolute Gasteiger partial charge is 0.0677 e. The van der Waals surface area contributed by atoms with Gasteiger partial charge in [0.1, 0.15) is 0 Å². The highest BCUT2D eigenvalue weighted by Crippen LogP contribution is 2.08. The topological polar surface area (TPSA) is 36.2 Å². The van der Waals surface area contributed by atoms with E-state index in [1.165, 1.54) is 25.7 Å². The minimum atomic E-state index is 0.235. The van der Waals surface area contributed by atoms with Crippen molar-refractivity contribution in [3.05, 3.63) is 0 Å². The van der Waals surface area contributed by atoms with Crippen LogP contribution in [-0.4, -0.2) is 11.4 Å². The third kappa shape index (κ3) is 7.98. The minimum Gasteiger partial charge on any atom is -0.210 e. The van der Waals surface area contributed by atoms with E-state index in [0.29, 0.717) is 0 Å². The van der Waals surface area contributed by atoms with Crippen LogP contribution in [0, 0.1) is 5.53 Å². The summed E-state index contributed by atoms with van der Waals surface area (Å²) < 4.78 is 0. The molecule has 0 fully saturated rings. The summed E-state index contributed by atoms with van der Waals surface area (Å²) in [5, 5.41) is 4.56. The first-order valence-corrected chi connectivity index (χ1v) is 5.36. The van der Waals surface area contributed by atoms with Gasteiger partial charge in [-0.2, -0.15) is 5.11 Å². The molecule has 0 saturated carbocycles. The molecule has 0 heterocycles. The van der Waals surface area contributed by atoms with Gasteiger partial charge >= 0.3 is 0 Å². The number of unbranched alkanes of at least 4 members (excludes halogenated alkanes) is 3. The Balaban J connectivity index is 2.95. The highest BCUT2D eigenvalue weighted by atomic mass is 79.9. The summed E-state index contributed by atoms with van der Waals surface area (Å²) in [6.45, 7) is 2.00. The van der Waals surface area contributed by atoms with Gasteiger partial charge in [0.05, 0.1) is 6.04 Å². The van der Waals surface area contributed by atoms with Gasteiger partial charge in [-0.05, 0) is 19.8 Å². The molecule has 66 valence electrons. The third-order valence-electron chi connectivity index (χ3n) is 1.73. The number of halogens is 1. The Morgan fingerprint density at radius 2 is 1.91 bits per heavy atom. The Labute approximate surface area is 77.4 Å². The predicted octanol–water partition coefficient (Wildman–Crippen LogP) is 3.75. The van der Waals surface area contributed by atoms with Gasteiger partial charge in [-0.3, -0.25) is 0 Å². The zero-order valence-electron chi connectivity index (χ0n) is 7.15. The second kappa shape index (κ2) is 8.18. The molecule has 1 atom stereocenters. The molecular formula is C8H17BrN2. The van der Waals surface area contributed by atoms with Crippen molar-refractivity contribution >= 4 is 15.9 Å². The quantitative estimate of drug-likeness (QED) is 0.386. The van der Waals surface area contributed by atoms with Crippen molar-refractivity contribution in [1.29, 1.82) is 5.53 Å². The van der Waals surface area contributed by atoms with Crippen LogP contribution in [0.3, 0.4) is 0 Å². The standard InChI is InChI=1S/C8H17BrN2/c1-8(11-10)6-4-2-3-5-7-9/h8,10H,2-7H2,1H3. The van der Waals surface area contributed by atoms with Crippen molar-refractivity contribution < 1.29 is 0 Å². The number of hydrogen-bond donors (Lipinski definition) is 1. The Kier molecular flexibility index (Phi) is 8.24. The van der Waals surface area contributed by atoms with Crippen molar-refractivity contribution in [2.24, 2.45) is 5.11 Å². The average molecular weight is 221 g/mol. The molecule has 1 N–H and O–H groups in total. The zero-order chi connectivity index (χ0) is 8.53. The number of nitrogens with zero attached hydrogens (tertiary/aromatic N) is 1. The van der Waals surface area contributed by atoms with Crippen LogP contribution >= 0.6 is 15.9 Å². The van der Waals surface area contributed by atoms with Gasteiger partial charge in [0.25, 0.3) is 0 Å². The fourth-order valence-electron chi connectivity index (χ4n) is 0.952. The number of alkyl halides is 1. The molecule has 0 aliphatic heterocycles. The average Bonchev–Trinajstić information content (AvgIpc) is 2.04. The van der Waals surface area contributed by atoms with E-state index in [1.54, 1.807) is 0 Å². The van der Waals surface area contributed by atoms with E-state index >= 15 is 0 Å². The summed E-state index contributed by atoms with van der Waals surface area (Å²) >= 11 is 3.40. The van der Waals surface area contributed by atoms with Crippen LogP contribution in [0.4, 0.5) is 0 Å². The molecule has 0 aromatic rings. The molecule has 0 spiro atoms. The molecule has 0 aromatic carbocycles. The summed E-state index contributed by atoms with van der Waals surface area (Å²) in [4.78, 5) is 0. The highest BCUT2D eigenvalue weighted by Gasteiger charge is 1.97. The van der Waals surface area contributed by atoms with E-state index in [9.17, 15) is 0 Å². The van der Waals surface area contributed by atoms with Crippen LogP contribution < -0.4 is 0 Å². The Hall–Kier alpha value is 0.0800. The van der Waals surface area contributed by atoms with E-state index in [0.717, 1.165) is 11.8 Å². The molecule has 0 saturated heterocycles. The largest absolute Gasteiger partial charge is 0.210 e. The molecule has 11 heavy (non-hydrogen) atoms. The van der Waals surface area contributed by atoms with E-state index in [1.807, 2.05) is 6.92 Å². The fraction of sp³-hybridized carbons (Fsp3) is 1.00. The first-order valence-electron chi connectivity index (χ1n) is 4.23. The molecule has 0 radical (unpaired) electrons. The molecular weight excluding hydrogens is 204 g/mol. The van der Waals surface area contributed by atoms with Gasteiger partial charge in [0.2, 0.25) is 0 Å². The normalized spacial score (nSPS) is 12.9. The van der Waals surface area contributed by atoms with Crippen molar-refractivity contribution in [1.82, 2.24) is 0 Å². The van der Waals surface area contributed by atoms with Gasteiger partial charge in [-0.1, -0.05) is 35.2 Å².